The van der Waals surface area contributed by atoms with Gasteiger partial charge in [0.2, 0.25) is 5.89 Å². The quantitative estimate of drug-likeness (QED) is 0.838. The van der Waals surface area contributed by atoms with E-state index in [1.54, 1.807) is 11.3 Å². The molecule has 0 aromatic carbocycles. The van der Waals surface area contributed by atoms with E-state index in [0.29, 0.717) is 6.01 Å². The number of nitrogens with one attached hydrogen (secondary N) is 1. The van der Waals surface area contributed by atoms with Crippen LogP contribution in [0.15, 0.2) is 21.9 Å². The second kappa shape index (κ2) is 5.65. The molecule has 0 aliphatic heterocycles. The van der Waals surface area contributed by atoms with Gasteiger partial charge in [-0.3, -0.25) is 0 Å². The predicted octanol–water partition coefficient (Wildman–Crippen LogP) is 3.09. The summed E-state index contributed by atoms with van der Waals surface area (Å²) in [4.78, 5) is 1.26. The van der Waals surface area contributed by atoms with Crippen LogP contribution in [0.25, 0.3) is 0 Å². The lowest BCUT2D eigenvalue weighted by Crippen LogP contribution is -1.97. The van der Waals surface area contributed by atoms with E-state index in [1.807, 2.05) is 6.07 Å². The van der Waals surface area contributed by atoms with Gasteiger partial charge in [0.15, 0.2) is 0 Å². The first-order chi connectivity index (χ1) is 7.88. The van der Waals surface area contributed by atoms with E-state index in [9.17, 15) is 0 Å². The topological polar surface area (TPSA) is 51.0 Å². The van der Waals surface area contributed by atoms with Crippen molar-refractivity contribution in [2.45, 2.75) is 32.7 Å². The molecule has 2 rings (SSSR count). The lowest BCUT2D eigenvalue weighted by atomic mass is 10.2. The summed E-state index contributed by atoms with van der Waals surface area (Å²) in [6.45, 7) is 2.89. The average Bonchev–Trinajstić information content (AvgIpc) is 2.95. The third kappa shape index (κ3) is 3.06. The lowest BCUT2D eigenvalue weighted by molar-refractivity contribution is 0.495. The number of anilines is 1. The van der Waals surface area contributed by atoms with Gasteiger partial charge in [-0.15, -0.1) is 16.4 Å². The maximum absolute atomic E-state index is 5.46. The van der Waals surface area contributed by atoms with Gasteiger partial charge in [0.1, 0.15) is 0 Å². The summed E-state index contributed by atoms with van der Waals surface area (Å²) >= 11 is 1.71. The molecular formula is C11H15N3OS. The van der Waals surface area contributed by atoms with Crippen LogP contribution in [0.3, 0.4) is 0 Å². The summed E-state index contributed by atoms with van der Waals surface area (Å²) in [5.74, 6) is 0.718. The third-order valence-corrected chi connectivity index (χ3v) is 3.08. The third-order valence-electron chi connectivity index (χ3n) is 2.20. The Hall–Kier alpha value is -1.36. The fourth-order valence-corrected chi connectivity index (χ4v) is 1.97. The second-order valence-electron chi connectivity index (χ2n) is 3.54. The van der Waals surface area contributed by atoms with Crippen LogP contribution in [-0.2, 0) is 13.0 Å². The van der Waals surface area contributed by atoms with Gasteiger partial charge in [0, 0.05) is 11.3 Å². The van der Waals surface area contributed by atoms with E-state index in [0.717, 1.165) is 31.7 Å². The summed E-state index contributed by atoms with van der Waals surface area (Å²) in [7, 11) is 0. The number of unbranched alkanes of at least 4 members (excludes halogenated alkanes) is 1. The number of aryl methyl sites for hydroxylation is 1. The SMILES string of the molecule is CCCCc1nnc(NCc2cccs2)o1. The molecule has 0 aliphatic rings. The van der Waals surface area contributed by atoms with E-state index >= 15 is 0 Å². The molecule has 86 valence electrons. The van der Waals surface area contributed by atoms with Gasteiger partial charge in [-0.05, 0) is 17.9 Å². The maximum atomic E-state index is 5.46. The van der Waals surface area contributed by atoms with Gasteiger partial charge in [0.25, 0.3) is 0 Å². The molecule has 1 N–H and O–H groups in total. The fraction of sp³-hybridized carbons (Fsp3) is 0.455. The van der Waals surface area contributed by atoms with Crippen LogP contribution >= 0.6 is 11.3 Å². The minimum absolute atomic E-state index is 0.513. The van der Waals surface area contributed by atoms with Crippen LogP contribution < -0.4 is 5.32 Å². The summed E-state index contributed by atoms with van der Waals surface area (Å²) < 4.78 is 5.46. The number of hydrogen-bond acceptors (Lipinski definition) is 5. The van der Waals surface area contributed by atoms with Gasteiger partial charge < -0.3 is 9.73 Å². The molecule has 0 fully saturated rings. The Labute approximate surface area is 98.7 Å². The van der Waals surface area contributed by atoms with Crippen molar-refractivity contribution in [3.8, 4) is 0 Å². The maximum Gasteiger partial charge on any atom is 0.315 e. The summed E-state index contributed by atoms with van der Waals surface area (Å²) in [5.41, 5.74) is 0. The molecule has 5 heteroatoms. The van der Waals surface area contributed by atoms with Gasteiger partial charge in [-0.2, -0.15) is 0 Å². The first-order valence-corrected chi connectivity index (χ1v) is 6.35. The molecule has 0 atom stereocenters. The Kier molecular flexibility index (Phi) is 3.93. The van der Waals surface area contributed by atoms with Crippen molar-refractivity contribution >= 4 is 17.4 Å². The van der Waals surface area contributed by atoms with Crippen LogP contribution in [0.1, 0.15) is 30.5 Å². The highest BCUT2D eigenvalue weighted by molar-refractivity contribution is 7.09. The molecule has 16 heavy (non-hydrogen) atoms. The minimum atomic E-state index is 0.513. The fourth-order valence-electron chi connectivity index (χ4n) is 1.33. The van der Waals surface area contributed by atoms with Crippen LogP contribution in [0, 0.1) is 0 Å². The van der Waals surface area contributed by atoms with E-state index in [-0.39, 0.29) is 0 Å². The molecule has 0 amide bonds. The molecule has 0 unspecified atom stereocenters. The Morgan fingerprint density at radius 3 is 3.12 bits per heavy atom. The van der Waals surface area contributed by atoms with Crippen molar-refractivity contribution in [2.24, 2.45) is 0 Å². The molecule has 4 nitrogen and oxygen atoms in total. The standard InChI is InChI=1S/C11H15N3OS/c1-2-3-6-10-13-14-11(15-10)12-8-9-5-4-7-16-9/h4-5,7H,2-3,6,8H2,1H3,(H,12,14). The van der Waals surface area contributed by atoms with Crippen molar-refractivity contribution in [3.05, 3.63) is 28.3 Å². The van der Waals surface area contributed by atoms with Crippen molar-refractivity contribution in [3.63, 3.8) is 0 Å². The monoisotopic (exact) mass is 237 g/mol. The average molecular weight is 237 g/mol. The second-order valence-corrected chi connectivity index (χ2v) is 4.57. The molecular weight excluding hydrogens is 222 g/mol. The van der Waals surface area contributed by atoms with Crippen molar-refractivity contribution in [1.82, 2.24) is 10.2 Å². The molecule has 0 spiro atoms. The Balaban J connectivity index is 1.83. The van der Waals surface area contributed by atoms with Crippen molar-refractivity contribution < 1.29 is 4.42 Å². The van der Waals surface area contributed by atoms with Crippen LogP contribution in [0.4, 0.5) is 6.01 Å². The number of hydrogen-bond donors (Lipinski definition) is 1. The number of rotatable bonds is 6. The zero-order chi connectivity index (χ0) is 11.2. The molecule has 2 aromatic heterocycles. The zero-order valence-electron chi connectivity index (χ0n) is 9.27. The molecule has 0 saturated carbocycles. The Morgan fingerprint density at radius 2 is 2.38 bits per heavy atom. The first-order valence-electron chi connectivity index (χ1n) is 5.47. The van der Waals surface area contributed by atoms with E-state index in [1.165, 1.54) is 4.88 Å². The molecule has 2 aromatic rings. The Bertz CT molecular complexity index is 411. The van der Waals surface area contributed by atoms with Gasteiger partial charge in [-0.25, -0.2) is 0 Å². The summed E-state index contributed by atoms with van der Waals surface area (Å²) in [6, 6.07) is 4.62. The van der Waals surface area contributed by atoms with Crippen LogP contribution in [-0.4, -0.2) is 10.2 Å². The summed E-state index contributed by atoms with van der Waals surface area (Å²) in [6.07, 6.45) is 3.09. The van der Waals surface area contributed by atoms with Crippen LogP contribution in [0.2, 0.25) is 0 Å². The van der Waals surface area contributed by atoms with Crippen molar-refractivity contribution in [1.29, 1.82) is 0 Å². The molecule has 2 heterocycles. The van der Waals surface area contributed by atoms with E-state index < -0.39 is 0 Å². The smallest absolute Gasteiger partial charge is 0.315 e. The lowest BCUT2D eigenvalue weighted by Gasteiger charge is -1.97. The van der Waals surface area contributed by atoms with Gasteiger partial charge >= 0.3 is 6.01 Å². The highest BCUT2D eigenvalue weighted by atomic mass is 32.1. The largest absolute Gasteiger partial charge is 0.408 e. The minimum Gasteiger partial charge on any atom is -0.408 e. The predicted molar refractivity (Wildman–Crippen MR) is 64.6 cm³/mol. The molecule has 0 aliphatic carbocycles. The number of aromatic nitrogens is 2. The molecule has 0 saturated heterocycles. The van der Waals surface area contributed by atoms with Gasteiger partial charge in [0.05, 0.1) is 6.54 Å². The number of thiophene rings is 1. The van der Waals surface area contributed by atoms with E-state index in [2.05, 4.69) is 33.9 Å². The summed E-state index contributed by atoms with van der Waals surface area (Å²) in [5, 5.41) is 13.1. The normalized spacial score (nSPS) is 10.6. The number of nitrogens with zero attached hydrogens (tertiary/aromatic N) is 2. The van der Waals surface area contributed by atoms with E-state index in [4.69, 9.17) is 4.42 Å². The first kappa shape index (κ1) is 11.1. The van der Waals surface area contributed by atoms with Crippen molar-refractivity contribution in [2.75, 3.05) is 5.32 Å². The highest BCUT2D eigenvalue weighted by Gasteiger charge is 2.04. The van der Waals surface area contributed by atoms with Gasteiger partial charge in [-0.1, -0.05) is 24.5 Å². The zero-order valence-corrected chi connectivity index (χ0v) is 10.1. The highest BCUT2D eigenvalue weighted by Crippen LogP contribution is 2.12. The Morgan fingerprint density at radius 1 is 1.44 bits per heavy atom. The molecule has 0 radical (unpaired) electrons. The molecule has 0 bridgehead atoms. The van der Waals surface area contributed by atoms with Crippen LogP contribution in [0.5, 0.6) is 0 Å².